The molecule has 2 aliphatic rings. The Kier molecular flexibility index (Phi) is 7.50. The van der Waals surface area contributed by atoms with Crippen LogP contribution < -0.4 is 19.8 Å². The van der Waals surface area contributed by atoms with Crippen molar-refractivity contribution in [2.24, 2.45) is 0 Å². The Morgan fingerprint density at radius 1 is 1.14 bits per heavy atom. The maximum absolute atomic E-state index is 13.5. The number of rotatable bonds is 7. The van der Waals surface area contributed by atoms with Gasteiger partial charge >= 0.3 is 12.3 Å². The molecule has 2 amide bonds. The number of nitrogens with zero attached hydrogens (tertiary/aromatic N) is 1. The van der Waals surface area contributed by atoms with Crippen LogP contribution in [0.2, 0.25) is 0 Å². The van der Waals surface area contributed by atoms with Crippen LogP contribution in [0.15, 0.2) is 47.4 Å². The van der Waals surface area contributed by atoms with E-state index in [2.05, 4.69) is 10.8 Å². The summed E-state index contributed by atoms with van der Waals surface area (Å²) in [7, 11) is -4.58. The van der Waals surface area contributed by atoms with Crippen molar-refractivity contribution in [3.8, 4) is 5.75 Å². The Balaban J connectivity index is 1.63. The summed E-state index contributed by atoms with van der Waals surface area (Å²) in [5.41, 5.74) is 1.12. The molecule has 1 fully saturated rings. The van der Waals surface area contributed by atoms with Crippen LogP contribution in [0.4, 0.5) is 29.3 Å². The molecule has 2 aromatic rings. The van der Waals surface area contributed by atoms with Gasteiger partial charge in [-0.05, 0) is 49.2 Å². The zero-order valence-electron chi connectivity index (χ0n) is 19.3. The van der Waals surface area contributed by atoms with Crippen molar-refractivity contribution < 1.29 is 45.9 Å². The lowest BCUT2D eigenvalue weighted by molar-refractivity contribution is -0.140. The average molecular weight is 544 g/mol. The summed E-state index contributed by atoms with van der Waals surface area (Å²) >= 11 is 0. The molecule has 1 aliphatic heterocycles. The Labute approximate surface area is 210 Å². The first kappa shape index (κ1) is 26.5. The van der Waals surface area contributed by atoms with E-state index in [0.29, 0.717) is 6.07 Å². The van der Waals surface area contributed by atoms with Crippen molar-refractivity contribution in [3.05, 3.63) is 48.0 Å². The Morgan fingerprint density at radius 3 is 2.54 bits per heavy atom. The van der Waals surface area contributed by atoms with Crippen LogP contribution in [0.5, 0.6) is 5.75 Å². The van der Waals surface area contributed by atoms with Crippen LogP contribution in [-0.4, -0.2) is 44.3 Å². The summed E-state index contributed by atoms with van der Waals surface area (Å²) in [6.07, 6.45) is -3.97. The molecule has 1 atom stereocenters. The van der Waals surface area contributed by atoms with E-state index >= 15 is 0 Å². The van der Waals surface area contributed by atoms with E-state index in [-0.39, 0.29) is 29.6 Å². The standard InChI is InChI=1S/C23H24F3N3O7S/c24-23(25,26)14-4-3-7-18(10-14)37(33,34)29-13-17(12-21(30)28-36-16-5-1-2-6-16)35-20-9-8-15(11-19(20)29)27-22(31)32/h3-4,7-11,16-17,27H,1-2,5-6,12-13H2,(H,28,30)(H,31,32). The van der Waals surface area contributed by atoms with E-state index in [0.717, 1.165) is 48.2 Å². The van der Waals surface area contributed by atoms with Crippen LogP contribution in [0.25, 0.3) is 0 Å². The maximum atomic E-state index is 13.5. The number of amides is 2. The van der Waals surface area contributed by atoms with Crippen molar-refractivity contribution in [3.63, 3.8) is 0 Å². The number of ether oxygens (including phenoxy) is 1. The first-order valence-corrected chi connectivity index (χ1v) is 12.8. The molecule has 2 aromatic carbocycles. The number of carboxylic acid groups (broad SMARTS) is 1. The van der Waals surface area contributed by atoms with E-state index in [9.17, 15) is 31.2 Å². The summed E-state index contributed by atoms with van der Waals surface area (Å²) in [6.45, 7) is -0.418. The van der Waals surface area contributed by atoms with E-state index in [1.54, 1.807) is 0 Å². The normalized spacial score (nSPS) is 18.1. The third kappa shape index (κ3) is 6.25. The molecular weight excluding hydrogens is 519 g/mol. The number of carbonyl (C=O) groups is 2. The first-order chi connectivity index (χ1) is 17.4. The largest absolute Gasteiger partial charge is 0.486 e. The quantitative estimate of drug-likeness (QED) is 0.447. The van der Waals surface area contributed by atoms with E-state index in [1.165, 1.54) is 18.2 Å². The Bertz CT molecular complexity index is 1280. The lowest BCUT2D eigenvalue weighted by atomic mass is 10.1. The summed E-state index contributed by atoms with van der Waals surface area (Å²) < 4.78 is 73.4. The van der Waals surface area contributed by atoms with Crippen LogP contribution in [0, 0.1) is 0 Å². The predicted molar refractivity (Wildman–Crippen MR) is 125 cm³/mol. The molecule has 0 saturated heterocycles. The minimum atomic E-state index is -4.77. The molecule has 14 heteroatoms. The van der Waals surface area contributed by atoms with E-state index in [1.807, 2.05) is 0 Å². The number of carbonyl (C=O) groups excluding carboxylic acids is 1. The SMILES string of the molecule is O=C(O)Nc1ccc2c(c1)N(S(=O)(=O)c1cccc(C(F)(F)F)c1)CC(CC(=O)NOC1CCCC1)O2. The maximum Gasteiger partial charge on any atom is 0.416 e. The average Bonchev–Trinajstić information content (AvgIpc) is 3.35. The fourth-order valence-electron chi connectivity index (χ4n) is 4.21. The second kappa shape index (κ2) is 10.5. The fraction of sp³-hybridized carbons (Fsp3) is 0.391. The highest BCUT2D eigenvalue weighted by Crippen LogP contribution is 2.40. The van der Waals surface area contributed by atoms with Gasteiger partial charge < -0.3 is 9.84 Å². The van der Waals surface area contributed by atoms with E-state index < -0.39 is 51.3 Å². The third-order valence-electron chi connectivity index (χ3n) is 5.95. The van der Waals surface area contributed by atoms with Crippen molar-refractivity contribution >= 4 is 33.4 Å². The van der Waals surface area contributed by atoms with Crippen LogP contribution in [0.1, 0.15) is 37.7 Å². The van der Waals surface area contributed by atoms with Crippen molar-refractivity contribution in [2.45, 2.75) is 55.4 Å². The molecule has 37 heavy (non-hydrogen) atoms. The highest BCUT2D eigenvalue weighted by molar-refractivity contribution is 7.92. The van der Waals surface area contributed by atoms with Crippen LogP contribution in [-0.2, 0) is 25.8 Å². The highest BCUT2D eigenvalue weighted by Gasteiger charge is 2.38. The Hall–Kier alpha value is -3.52. The minimum absolute atomic E-state index is 0.00671. The fourth-order valence-corrected chi connectivity index (χ4v) is 5.76. The van der Waals surface area contributed by atoms with Gasteiger partial charge in [0.05, 0.1) is 35.2 Å². The zero-order chi connectivity index (χ0) is 26.8. The number of hydrogen-bond donors (Lipinski definition) is 3. The molecule has 1 saturated carbocycles. The molecule has 1 unspecified atom stereocenters. The molecule has 1 aliphatic carbocycles. The third-order valence-corrected chi connectivity index (χ3v) is 7.72. The van der Waals surface area contributed by atoms with Crippen LogP contribution >= 0.6 is 0 Å². The Morgan fingerprint density at radius 2 is 1.86 bits per heavy atom. The molecule has 0 radical (unpaired) electrons. The summed E-state index contributed by atoms with van der Waals surface area (Å²) in [4.78, 5) is 28.3. The number of anilines is 2. The summed E-state index contributed by atoms with van der Waals surface area (Å²) in [5.74, 6) is -0.548. The minimum Gasteiger partial charge on any atom is -0.486 e. The topological polar surface area (TPSA) is 134 Å². The summed E-state index contributed by atoms with van der Waals surface area (Å²) in [6, 6.07) is 7.09. The molecule has 10 nitrogen and oxygen atoms in total. The lowest BCUT2D eigenvalue weighted by Gasteiger charge is -2.35. The van der Waals surface area contributed by atoms with Gasteiger partial charge in [0.15, 0.2) is 0 Å². The molecule has 4 rings (SSSR count). The van der Waals surface area contributed by atoms with Gasteiger partial charge in [-0.1, -0.05) is 18.9 Å². The highest BCUT2D eigenvalue weighted by atomic mass is 32.2. The molecule has 0 aromatic heterocycles. The van der Waals surface area contributed by atoms with Crippen molar-refractivity contribution in [1.29, 1.82) is 0 Å². The number of alkyl halides is 3. The predicted octanol–water partition coefficient (Wildman–Crippen LogP) is 4.13. The van der Waals surface area contributed by atoms with Crippen molar-refractivity contribution in [1.82, 2.24) is 5.48 Å². The molecule has 200 valence electrons. The van der Waals surface area contributed by atoms with Gasteiger partial charge in [-0.2, -0.15) is 13.2 Å². The van der Waals surface area contributed by atoms with Gasteiger partial charge in [0.2, 0.25) is 5.91 Å². The first-order valence-electron chi connectivity index (χ1n) is 11.4. The number of fused-ring (bicyclic) bond motifs is 1. The number of hydrogen-bond acceptors (Lipinski definition) is 6. The van der Waals surface area contributed by atoms with Gasteiger partial charge in [-0.25, -0.2) is 18.7 Å². The van der Waals surface area contributed by atoms with Crippen molar-refractivity contribution in [2.75, 3.05) is 16.2 Å². The molecule has 3 N–H and O–H groups in total. The number of sulfonamides is 1. The second-order valence-electron chi connectivity index (χ2n) is 8.67. The molecule has 0 spiro atoms. The molecular formula is C23H24F3N3O7S. The van der Waals surface area contributed by atoms with Gasteiger partial charge in [-0.15, -0.1) is 0 Å². The smallest absolute Gasteiger partial charge is 0.416 e. The number of benzene rings is 2. The molecule has 1 heterocycles. The van der Waals surface area contributed by atoms with Gasteiger partial charge in [0.25, 0.3) is 10.0 Å². The monoisotopic (exact) mass is 543 g/mol. The summed E-state index contributed by atoms with van der Waals surface area (Å²) in [5, 5.41) is 11.1. The number of hydroxylamine groups is 1. The van der Waals surface area contributed by atoms with Gasteiger partial charge in [0.1, 0.15) is 11.9 Å². The number of nitrogens with one attached hydrogen (secondary N) is 2. The lowest BCUT2D eigenvalue weighted by Crippen LogP contribution is -2.45. The van der Waals surface area contributed by atoms with Gasteiger partial charge in [0, 0.05) is 5.69 Å². The van der Waals surface area contributed by atoms with Crippen LogP contribution in [0.3, 0.4) is 0 Å². The van der Waals surface area contributed by atoms with Gasteiger partial charge in [-0.3, -0.25) is 19.3 Å². The zero-order valence-corrected chi connectivity index (χ0v) is 20.1. The second-order valence-corrected chi connectivity index (χ2v) is 10.5. The number of halogens is 3. The van der Waals surface area contributed by atoms with E-state index in [4.69, 9.17) is 14.7 Å². The molecule has 0 bridgehead atoms.